The highest BCUT2D eigenvalue weighted by atomic mass is 19.4. The monoisotopic (exact) mass is 284 g/mol. The van der Waals surface area contributed by atoms with E-state index in [1.165, 1.54) is 24.8 Å². The minimum atomic E-state index is -4.79. The lowest BCUT2D eigenvalue weighted by atomic mass is 10.2. The van der Waals surface area contributed by atoms with Crippen molar-refractivity contribution in [2.75, 3.05) is 5.32 Å². The van der Waals surface area contributed by atoms with Gasteiger partial charge in [-0.05, 0) is 12.1 Å². The zero-order valence-electron chi connectivity index (χ0n) is 9.72. The van der Waals surface area contributed by atoms with Crippen molar-refractivity contribution in [2.24, 2.45) is 0 Å². The van der Waals surface area contributed by atoms with Crippen LogP contribution in [0.4, 0.5) is 23.7 Å². The SMILES string of the molecule is O=C(O)Nc1ccc(-c2cncnc2)nc1C(F)(F)F. The van der Waals surface area contributed by atoms with Gasteiger partial charge in [-0.2, -0.15) is 13.2 Å². The van der Waals surface area contributed by atoms with Crippen LogP contribution in [0.5, 0.6) is 0 Å². The minimum absolute atomic E-state index is 0.00568. The van der Waals surface area contributed by atoms with Crippen molar-refractivity contribution in [2.45, 2.75) is 6.18 Å². The van der Waals surface area contributed by atoms with Gasteiger partial charge in [0.2, 0.25) is 0 Å². The summed E-state index contributed by atoms with van der Waals surface area (Å²) in [6, 6.07) is 2.24. The molecular weight excluding hydrogens is 277 g/mol. The number of rotatable bonds is 2. The van der Waals surface area contributed by atoms with Gasteiger partial charge < -0.3 is 5.11 Å². The highest BCUT2D eigenvalue weighted by Crippen LogP contribution is 2.34. The van der Waals surface area contributed by atoms with E-state index >= 15 is 0 Å². The summed E-state index contributed by atoms with van der Waals surface area (Å²) in [6.45, 7) is 0. The number of aromatic nitrogens is 3. The van der Waals surface area contributed by atoms with E-state index < -0.39 is 23.7 Å². The molecule has 0 saturated heterocycles. The van der Waals surface area contributed by atoms with Gasteiger partial charge >= 0.3 is 12.3 Å². The standard InChI is InChI=1S/C11H7F3N4O2/c12-11(13,14)9-8(18-10(19)20)2-1-7(17-9)6-3-15-5-16-4-6/h1-5,18H,(H,19,20). The summed E-state index contributed by atoms with van der Waals surface area (Å²) >= 11 is 0. The quantitative estimate of drug-likeness (QED) is 0.885. The van der Waals surface area contributed by atoms with E-state index in [-0.39, 0.29) is 5.69 Å². The third-order valence-corrected chi connectivity index (χ3v) is 2.26. The van der Waals surface area contributed by atoms with Crippen LogP contribution in [0.1, 0.15) is 5.69 Å². The third-order valence-electron chi connectivity index (χ3n) is 2.26. The highest BCUT2D eigenvalue weighted by Gasteiger charge is 2.36. The Labute approximate surface area is 110 Å². The van der Waals surface area contributed by atoms with E-state index in [9.17, 15) is 18.0 Å². The van der Waals surface area contributed by atoms with Crippen molar-refractivity contribution in [3.05, 3.63) is 36.5 Å². The van der Waals surface area contributed by atoms with Gasteiger partial charge in [-0.3, -0.25) is 5.32 Å². The Bertz CT molecular complexity index is 631. The Morgan fingerprint density at radius 3 is 2.40 bits per heavy atom. The molecule has 20 heavy (non-hydrogen) atoms. The molecule has 0 aliphatic heterocycles. The maximum Gasteiger partial charge on any atom is 0.435 e. The molecule has 0 aromatic carbocycles. The summed E-state index contributed by atoms with van der Waals surface area (Å²) in [7, 11) is 0. The maximum atomic E-state index is 12.9. The molecule has 9 heteroatoms. The Hall–Kier alpha value is -2.71. The molecule has 0 radical (unpaired) electrons. The highest BCUT2D eigenvalue weighted by molar-refractivity contribution is 5.84. The lowest BCUT2D eigenvalue weighted by molar-refractivity contribution is -0.140. The number of anilines is 1. The smallest absolute Gasteiger partial charge is 0.435 e. The van der Waals surface area contributed by atoms with Crippen molar-refractivity contribution in [3.63, 3.8) is 0 Å². The van der Waals surface area contributed by atoms with E-state index in [2.05, 4.69) is 15.0 Å². The summed E-state index contributed by atoms with van der Waals surface area (Å²) < 4.78 is 38.6. The summed E-state index contributed by atoms with van der Waals surface area (Å²) in [4.78, 5) is 21.3. The van der Waals surface area contributed by atoms with Gasteiger partial charge in [-0.25, -0.2) is 19.7 Å². The van der Waals surface area contributed by atoms with Crippen LogP contribution in [0.2, 0.25) is 0 Å². The molecule has 2 rings (SSSR count). The van der Waals surface area contributed by atoms with Crippen LogP contribution >= 0.6 is 0 Å². The van der Waals surface area contributed by atoms with Crippen LogP contribution in [0.25, 0.3) is 11.3 Å². The molecule has 2 aromatic rings. The van der Waals surface area contributed by atoms with Gasteiger partial charge in [0.05, 0.1) is 11.4 Å². The molecule has 1 amide bonds. The first-order valence-corrected chi connectivity index (χ1v) is 5.21. The normalized spacial score (nSPS) is 11.2. The predicted octanol–water partition coefficient (Wildman–Crippen LogP) is 2.65. The van der Waals surface area contributed by atoms with E-state index in [0.717, 1.165) is 6.07 Å². The van der Waals surface area contributed by atoms with Gasteiger partial charge in [0.15, 0.2) is 5.69 Å². The van der Waals surface area contributed by atoms with Gasteiger partial charge in [0.1, 0.15) is 6.33 Å². The fourth-order valence-electron chi connectivity index (χ4n) is 1.48. The van der Waals surface area contributed by atoms with Crippen LogP contribution < -0.4 is 5.32 Å². The number of carboxylic acid groups (broad SMARTS) is 1. The number of pyridine rings is 1. The largest absolute Gasteiger partial charge is 0.465 e. The molecular formula is C11H7F3N4O2. The van der Waals surface area contributed by atoms with Gasteiger partial charge in [-0.1, -0.05) is 0 Å². The number of halogens is 3. The second kappa shape index (κ2) is 5.11. The zero-order chi connectivity index (χ0) is 14.8. The molecule has 0 aliphatic carbocycles. The second-order valence-electron chi connectivity index (χ2n) is 3.65. The molecule has 2 aromatic heterocycles. The predicted molar refractivity (Wildman–Crippen MR) is 61.9 cm³/mol. The van der Waals surface area contributed by atoms with Crippen LogP contribution in [0.15, 0.2) is 30.9 Å². The number of alkyl halides is 3. The molecule has 6 nitrogen and oxygen atoms in total. The molecule has 104 valence electrons. The Morgan fingerprint density at radius 1 is 1.20 bits per heavy atom. The summed E-state index contributed by atoms with van der Waals surface area (Å²) in [6.07, 6.45) is -2.55. The number of nitrogens with zero attached hydrogens (tertiary/aromatic N) is 3. The van der Waals surface area contributed by atoms with Crippen molar-refractivity contribution in [3.8, 4) is 11.3 Å². The van der Waals surface area contributed by atoms with E-state index in [1.807, 2.05) is 0 Å². The van der Waals surface area contributed by atoms with E-state index in [0.29, 0.717) is 5.56 Å². The van der Waals surface area contributed by atoms with Crippen molar-refractivity contribution in [1.82, 2.24) is 15.0 Å². The Morgan fingerprint density at radius 2 is 1.85 bits per heavy atom. The molecule has 0 bridgehead atoms. The molecule has 0 spiro atoms. The molecule has 2 N–H and O–H groups in total. The first kappa shape index (κ1) is 13.7. The number of hydrogen-bond acceptors (Lipinski definition) is 4. The Kier molecular flexibility index (Phi) is 3.51. The first-order valence-electron chi connectivity index (χ1n) is 5.21. The third kappa shape index (κ3) is 2.99. The summed E-state index contributed by atoms with van der Waals surface area (Å²) in [5, 5.41) is 10.2. The minimum Gasteiger partial charge on any atom is -0.465 e. The lowest BCUT2D eigenvalue weighted by Gasteiger charge is -2.12. The molecule has 2 heterocycles. The molecule has 0 fully saturated rings. The number of nitrogens with one attached hydrogen (secondary N) is 1. The summed E-state index contributed by atoms with van der Waals surface area (Å²) in [5.74, 6) is 0. The second-order valence-corrected chi connectivity index (χ2v) is 3.65. The fraction of sp³-hybridized carbons (Fsp3) is 0.0909. The average Bonchev–Trinajstić information content (AvgIpc) is 2.38. The van der Waals surface area contributed by atoms with Gasteiger partial charge in [-0.15, -0.1) is 0 Å². The van der Waals surface area contributed by atoms with Gasteiger partial charge in [0, 0.05) is 18.0 Å². The maximum absolute atomic E-state index is 12.9. The van der Waals surface area contributed by atoms with Crippen LogP contribution in [0.3, 0.4) is 0 Å². The lowest BCUT2D eigenvalue weighted by Crippen LogP contribution is -2.16. The molecule has 0 atom stereocenters. The first-order chi connectivity index (χ1) is 9.38. The van der Waals surface area contributed by atoms with Crippen LogP contribution in [-0.4, -0.2) is 26.2 Å². The van der Waals surface area contributed by atoms with Crippen molar-refractivity contribution < 1.29 is 23.1 Å². The zero-order valence-corrected chi connectivity index (χ0v) is 9.72. The average molecular weight is 284 g/mol. The topological polar surface area (TPSA) is 88.0 Å². The number of hydrogen-bond donors (Lipinski definition) is 2. The van der Waals surface area contributed by atoms with Gasteiger partial charge in [0.25, 0.3) is 0 Å². The number of amides is 1. The molecule has 0 saturated carbocycles. The Balaban J connectivity index is 2.52. The number of carbonyl (C=O) groups is 1. The van der Waals surface area contributed by atoms with Crippen LogP contribution in [0, 0.1) is 0 Å². The fourth-order valence-corrected chi connectivity index (χ4v) is 1.48. The van der Waals surface area contributed by atoms with Crippen LogP contribution in [-0.2, 0) is 6.18 Å². The molecule has 0 unspecified atom stereocenters. The van der Waals surface area contributed by atoms with E-state index in [4.69, 9.17) is 5.11 Å². The summed E-state index contributed by atoms with van der Waals surface area (Å²) in [5.41, 5.74) is -1.67. The van der Waals surface area contributed by atoms with Crippen molar-refractivity contribution >= 4 is 11.8 Å². The van der Waals surface area contributed by atoms with Crippen molar-refractivity contribution in [1.29, 1.82) is 0 Å². The van der Waals surface area contributed by atoms with E-state index in [1.54, 1.807) is 5.32 Å². The molecule has 0 aliphatic rings.